The van der Waals surface area contributed by atoms with Crippen molar-refractivity contribution in [3.8, 4) is 0 Å². The van der Waals surface area contributed by atoms with E-state index in [1.54, 1.807) is 6.92 Å². The number of carbonyl (C=O) groups excluding carboxylic acids is 1. The Bertz CT molecular complexity index is 535. The molecule has 0 saturated heterocycles. The first-order valence-electron chi connectivity index (χ1n) is 8.31. The Balaban J connectivity index is 1.94. The van der Waals surface area contributed by atoms with Gasteiger partial charge in [-0.2, -0.15) is 4.98 Å². The van der Waals surface area contributed by atoms with Crippen LogP contribution in [0.5, 0.6) is 0 Å². The van der Waals surface area contributed by atoms with Crippen molar-refractivity contribution in [2.45, 2.75) is 65.0 Å². The molecule has 0 bridgehead atoms. The third-order valence-electron chi connectivity index (χ3n) is 4.47. The zero-order chi connectivity index (χ0) is 17.2. The number of nitrogens with zero attached hydrogens (tertiary/aromatic N) is 2. The molecule has 1 aliphatic carbocycles. The van der Waals surface area contributed by atoms with Gasteiger partial charge in [-0.25, -0.2) is 4.79 Å². The molecule has 2 unspecified atom stereocenters. The van der Waals surface area contributed by atoms with Gasteiger partial charge in [-0.05, 0) is 31.6 Å². The minimum Gasteiger partial charge on any atom is -0.388 e. The molecule has 3 N–H and O–H groups in total. The second-order valence-corrected chi connectivity index (χ2v) is 7.33. The fraction of sp³-hybridized carbons (Fsp3) is 0.812. The monoisotopic (exact) mass is 324 g/mol. The molecular formula is C16H28N4O3. The summed E-state index contributed by atoms with van der Waals surface area (Å²) in [4.78, 5) is 16.5. The van der Waals surface area contributed by atoms with Crippen molar-refractivity contribution in [1.29, 1.82) is 0 Å². The molecular weight excluding hydrogens is 296 g/mol. The van der Waals surface area contributed by atoms with Crippen molar-refractivity contribution < 1.29 is 14.4 Å². The number of amides is 2. The molecule has 130 valence electrons. The molecule has 1 aromatic heterocycles. The lowest BCUT2D eigenvalue weighted by atomic mass is 9.93. The normalized spacial score (nSPS) is 18.8. The van der Waals surface area contributed by atoms with Gasteiger partial charge in [-0.3, -0.25) is 0 Å². The highest BCUT2D eigenvalue weighted by molar-refractivity contribution is 5.74. The second-order valence-electron chi connectivity index (χ2n) is 7.33. The standard InChI is InChI=1S/C16H28N4O3/c1-9(2)12(14-19-13(20-23-14)11-6-7-11)18-15(21)17-8-16(5,22)10(3)4/h9-12,22H,6-8H2,1-5H3,(H2,17,18,21). The maximum absolute atomic E-state index is 12.1. The van der Waals surface area contributed by atoms with E-state index in [-0.39, 0.29) is 30.5 Å². The van der Waals surface area contributed by atoms with E-state index in [1.165, 1.54) is 0 Å². The van der Waals surface area contributed by atoms with E-state index < -0.39 is 5.60 Å². The quantitative estimate of drug-likeness (QED) is 0.715. The summed E-state index contributed by atoms with van der Waals surface area (Å²) in [5.41, 5.74) is -0.950. The highest BCUT2D eigenvalue weighted by Crippen LogP contribution is 2.38. The first kappa shape index (κ1) is 17.7. The first-order chi connectivity index (χ1) is 10.7. The van der Waals surface area contributed by atoms with Gasteiger partial charge in [-0.1, -0.05) is 32.9 Å². The number of aromatic nitrogens is 2. The highest BCUT2D eigenvalue weighted by atomic mass is 16.5. The molecule has 23 heavy (non-hydrogen) atoms. The van der Waals surface area contributed by atoms with E-state index >= 15 is 0 Å². The summed E-state index contributed by atoms with van der Waals surface area (Å²) in [7, 11) is 0. The fourth-order valence-electron chi connectivity index (χ4n) is 2.05. The van der Waals surface area contributed by atoms with Crippen LogP contribution in [-0.2, 0) is 0 Å². The van der Waals surface area contributed by atoms with Gasteiger partial charge in [-0.15, -0.1) is 0 Å². The van der Waals surface area contributed by atoms with E-state index in [0.29, 0.717) is 11.8 Å². The van der Waals surface area contributed by atoms with E-state index in [9.17, 15) is 9.90 Å². The summed E-state index contributed by atoms with van der Waals surface area (Å²) >= 11 is 0. The Hall–Kier alpha value is -1.63. The van der Waals surface area contributed by atoms with Crippen molar-refractivity contribution >= 4 is 6.03 Å². The van der Waals surface area contributed by atoms with Gasteiger partial charge in [0.15, 0.2) is 5.82 Å². The van der Waals surface area contributed by atoms with Crippen LogP contribution in [0, 0.1) is 11.8 Å². The summed E-state index contributed by atoms with van der Waals surface area (Å²) in [6, 6.07) is -0.699. The van der Waals surface area contributed by atoms with Gasteiger partial charge < -0.3 is 20.3 Å². The molecule has 1 aromatic rings. The van der Waals surface area contributed by atoms with Crippen LogP contribution in [0.4, 0.5) is 4.79 Å². The lowest BCUT2D eigenvalue weighted by Gasteiger charge is -2.28. The maximum Gasteiger partial charge on any atom is 0.315 e. The SMILES string of the molecule is CC(C)C(NC(=O)NCC(C)(O)C(C)C)c1nc(C2CC2)no1. The number of hydrogen-bond acceptors (Lipinski definition) is 5. The average molecular weight is 324 g/mol. The van der Waals surface area contributed by atoms with Crippen LogP contribution in [0.3, 0.4) is 0 Å². The predicted octanol–water partition coefficient (Wildman–Crippen LogP) is 2.35. The van der Waals surface area contributed by atoms with Gasteiger partial charge in [0.05, 0.1) is 5.60 Å². The summed E-state index contributed by atoms with van der Waals surface area (Å²) in [5, 5.41) is 19.8. The van der Waals surface area contributed by atoms with Crippen LogP contribution in [0.15, 0.2) is 4.52 Å². The van der Waals surface area contributed by atoms with Crippen LogP contribution in [0.2, 0.25) is 0 Å². The summed E-state index contributed by atoms with van der Waals surface area (Å²) in [6.45, 7) is 9.67. The second kappa shape index (κ2) is 6.86. The number of carbonyl (C=O) groups is 1. The molecule has 1 saturated carbocycles. The maximum atomic E-state index is 12.1. The van der Waals surface area contributed by atoms with Crippen molar-refractivity contribution in [3.63, 3.8) is 0 Å². The van der Waals surface area contributed by atoms with Crippen LogP contribution in [-0.4, -0.2) is 33.4 Å². The van der Waals surface area contributed by atoms with Crippen LogP contribution in [0.1, 0.15) is 71.1 Å². The van der Waals surface area contributed by atoms with E-state index in [4.69, 9.17) is 4.52 Å². The number of rotatable bonds is 7. The zero-order valence-electron chi connectivity index (χ0n) is 14.6. The Morgan fingerprint density at radius 3 is 2.57 bits per heavy atom. The minimum atomic E-state index is -0.950. The van der Waals surface area contributed by atoms with Gasteiger partial charge in [0.1, 0.15) is 6.04 Å². The molecule has 0 aromatic carbocycles. The Kier molecular flexibility index (Phi) is 5.29. The predicted molar refractivity (Wildman–Crippen MR) is 85.8 cm³/mol. The number of hydrogen-bond donors (Lipinski definition) is 3. The Morgan fingerprint density at radius 2 is 2.04 bits per heavy atom. The third kappa shape index (κ3) is 4.67. The Morgan fingerprint density at radius 1 is 1.39 bits per heavy atom. The number of nitrogens with one attached hydrogen (secondary N) is 2. The molecule has 0 spiro atoms. The zero-order valence-corrected chi connectivity index (χ0v) is 14.6. The van der Waals surface area contributed by atoms with Crippen molar-refractivity contribution in [3.05, 3.63) is 11.7 Å². The molecule has 1 fully saturated rings. The lowest BCUT2D eigenvalue weighted by molar-refractivity contribution is 0.0164. The van der Waals surface area contributed by atoms with Crippen LogP contribution >= 0.6 is 0 Å². The van der Waals surface area contributed by atoms with Gasteiger partial charge in [0.2, 0.25) is 5.89 Å². The molecule has 2 atom stereocenters. The third-order valence-corrected chi connectivity index (χ3v) is 4.47. The van der Waals surface area contributed by atoms with Gasteiger partial charge in [0.25, 0.3) is 0 Å². The molecule has 2 amide bonds. The van der Waals surface area contributed by atoms with Crippen molar-refractivity contribution in [1.82, 2.24) is 20.8 Å². The fourth-order valence-corrected chi connectivity index (χ4v) is 2.05. The summed E-state index contributed by atoms with van der Waals surface area (Å²) < 4.78 is 5.32. The van der Waals surface area contributed by atoms with Gasteiger partial charge in [0, 0.05) is 12.5 Å². The van der Waals surface area contributed by atoms with Crippen LogP contribution in [0.25, 0.3) is 0 Å². The summed E-state index contributed by atoms with van der Waals surface area (Å²) in [6.07, 6.45) is 2.20. The van der Waals surface area contributed by atoms with E-state index in [1.807, 2.05) is 27.7 Å². The molecule has 1 aliphatic rings. The molecule has 0 aliphatic heterocycles. The van der Waals surface area contributed by atoms with Crippen molar-refractivity contribution in [2.24, 2.45) is 11.8 Å². The highest BCUT2D eigenvalue weighted by Gasteiger charge is 2.32. The smallest absolute Gasteiger partial charge is 0.315 e. The number of urea groups is 1. The molecule has 7 heteroatoms. The van der Waals surface area contributed by atoms with Crippen molar-refractivity contribution in [2.75, 3.05) is 6.54 Å². The molecule has 1 heterocycles. The van der Waals surface area contributed by atoms with E-state index in [0.717, 1.165) is 18.7 Å². The lowest BCUT2D eigenvalue weighted by Crippen LogP contribution is -2.48. The number of aliphatic hydroxyl groups is 1. The first-order valence-corrected chi connectivity index (χ1v) is 8.31. The minimum absolute atomic E-state index is 0.0423. The topological polar surface area (TPSA) is 100 Å². The largest absolute Gasteiger partial charge is 0.388 e. The van der Waals surface area contributed by atoms with E-state index in [2.05, 4.69) is 20.8 Å². The molecule has 7 nitrogen and oxygen atoms in total. The van der Waals surface area contributed by atoms with Gasteiger partial charge >= 0.3 is 6.03 Å². The Labute approximate surface area is 137 Å². The van der Waals surface area contributed by atoms with Crippen LogP contribution < -0.4 is 10.6 Å². The average Bonchev–Trinajstić information content (AvgIpc) is 3.20. The summed E-state index contributed by atoms with van der Waals surface area (Å²) in [5.74, 6) is 1.73. The molecule has 2 rings (SSSR count). The molecule has 0 radical (unpaired) electrons.